The molecule has 8 nitrogen and oxygen atoms in total. The molecule has 2 aromatic carbocycles. The van der Waals surface area contributed by atoms with Crippen LogP contribution in [0.2, 0.25) is 5.02 Å². The highest BCUT2D eigenvalue weighted by Crippen LogP contribution is 2.34. The number of aliphatic imine (C=N–C) groups is 1. The molecule has 0 unspecified atom stereocenters. The minimum absolute atomic E-state index is 0.0628. The molecule has 0 aliphatic carbocycles. The van der Waals surface area contributed by atoms with Crippen molar-refractivity contribution in [2.24, 2.45) is 16.5 Å². The van der Waals surface area contributed by atoms with Crippen LogP contribution in [0.3, 0.4) is 0 Å². The Hall–Kier alpha value is -3.18. The summed E-state index contributed by atoms with van der Waals surface area (Å²) in [5, 5.41) is 4.63. The number of halogens is 2. The second kappa shape index (κ2) is 14.9. The Balaban J connectivity index is 1.42. The standard InChI is InChI=1S/C34H43ClFN7OS/c1-20(37)7-6-8-22-15-27(32(36)28(35)16-22)30-17-23-19-43(34(44)42-33(23)41-30)25-11-12-26(31(18-25)45-3)29-10-5-4-9-24(40-29)13-14-39-21(2)38/h11-12,15-20,24,29,40H,4-10,13-14,37H2,1-3H3,(H2,38,39)(H,41,42,44)/t20-,24-,29-/m0/s1. The van der Waals surface area contributed by atoms with Gasteiger partial charge in [0.25, 0.3) is 0 Å². The molecule has 6 N–H and O–H groups in total. The molecule has 11 heteroatoms. The van der Waals surface area contributed by atoms with E-state index in [1.165, 1.54) is 12.0 Å². The number of benzene rings is 2. The number of nitrogens with one attached hydrogen (secondary N) is 2. The van der Waals surface area contributed by atoms with Gasteiger partial charge in [0.2, 0.25) is 0 Å². The fraction of sp³-hybridized carbons (Fsp3) is 0.441. The summed E-state index contributed by atoms with van der Waals surface area (Å²) in [6.07, 6.45) is 11.8. The van der Waals surface area contributed by atoms with E-state index in [2.05, 4.69) is 38.7 Å². The molecule has 0 bridgehead atoms. The predicted octanol–water partition coefficient (Wildman–Crippen LogP) is 6.91. The molecule has 0 spiro atoms. The van der Waals surface area contributed by atoms with Gasteiger partial charge in [0, 0.05) is 46.7 Å². The lowest BCUT2D eigenvalue weighted by Gasteiger charge is -2.25. The van der Waals surface area contributed by atoms with Crippen molar-refractivity contribution in [2.75, 3.05) is 12.8 Å². The number of hydrogen-bond acceptors (Lipinski definition) is 6. The van der Waals surface area contributed by atoms with Gasteiger partial charge in [-0.25, -0.2) is 9.18 Å². The van der Waals surface area contributed by atoms with Crippen molar-refractivity contribution >= 4 is 40.2 Å². The van der Waals surface area contributed by atoms with Gasteiger partial charge in [-0.3, -0.25) is 9.56 Å². The second-order valence-corrected chi connectivity index (χ2v) is 13.4. The highest BCUT2D eigenvalue weighted by Gasteiger charge is 2.23. The first-order chi connectivity index (χ1) is 21.6. The number of H-pyrrole nitrogens is 1. The smallest absolute Gasteiger partial charge is 0.354 e. The predicted molar refractivity (Wildman–Crippen MR) is 185 cm³/mol. The quantitative estimate of drug-likeness (QED) is 0.0793. The molecule has 4 aromatic rings. The lowest BCUT2D eigenvalue weighted by molar-refractivity contribution is 0.419. The number of fused-ring (bicyclic) bond motifs is 1. The van der Waals surface area contributed by atoms with Crippen LogP contribution in [0.1, 0.15) is 76.0 Å². The molecule has 0 amide bonds. The molecule has 2 aromatic heterocycles. The van der Waals surface area contributed by atoms with E-state index in [0.717, 1.165) is 67.6 Å². The van der Waals surface area contributed by atoms with Gasteiger partial charge in [0.05, 0.1) is 22.2 Å². The number of aryl methyl sites for hydroxylation is 1. The third kappa shape index (κ3) is 8.16. The zero-order valence-electron chi connectivity index (χ0n) is 26.2. The summed E-state index contributed by atoms with van der Waals surface area (Å²) in [5.41, 5.74) is 15.4. The Morgan fingerprint density at radius 2 is 2.04 bits per heavy atom. The van der Waals surface area contributed by atoms with Crippen LogP contribution in [0.15, 0.2) is 57.3 Å². The number of nitrogens with two attached hydrogens (primary N) is 2. The van der Waals surface area contributed by atoms with Crippen LogP contribution in [0.25, 0.3) is 28.0 Å². The fourth-order valence-electron chi connectivity index (χ4n) is 6.14. The maximum Gasteiger partial charge on any atom is 0.354 e. The Bertz CT molecular complexity index is 1730. The summed E-state index contributed by atoms with van der Waals surface area (Å²) in [5.74, 6) is 0.111. The number of nitrogens with zero attached hydrogens (tertiary/aromatic N) is 3. The molecule has 1 aliphatic heterocycles. The van der Waals surface area contributed by atoms with Crippen molar-refractivity contribution in [3.8, 4) is 16.9 Å². The minimum atomic E-state index is -0.508. The van der Waals surface area contributed by atoms with Crippen molar-refractivity contribution in [1.82, 2.24) is 19.9 Å². The summed E-state index contributed by atoms with van der Waals surface area (Å²) in [7, 11) is 0. The maximum atomic E-state index is 15.2. The highest BCUT2D eigenvalue weighted by atomic mass is 35.5. The largest absolute Gasteiger partial charge is 0.388 e. The number of hydrogen-bond donors (Lipinski definition) is 4. The molecule has 1 saturated heterocycles. The first kappa shape index (κ1) is 33.2. The lowest BCUT2D eigenvalue weighted by Crippen LogP contribution is -2.32. The van der Waals surface area contributed by atoms with Crippen LogP contribution in [-0.2, 0) is 6.42 Å². The third-order valence-corrected chi connectivity index (χ3v) is 9.52. The second-order valence-electron chi connectivity index (χ2n) is 12.1. The molecular formula is C34H43ClFN7OS. The topological polar surface area (TPSA) is 127 Å². The summed E-state index contributed by atoms with van der Waals surface area (Å²) >= 11 is 7.96. The molecular weight excluding hydrogens is 609 g/mol. The molecule has 45 heavy (non-hydrogen) atoms. The number of aromatic nitrogens is 3. The average molecular weight is 652 g/mol. The molecule has 3 heterocycles. The molecule has 5 rings (SSSR count). The van der Waals surface area contributed by atoms with E-state index in [1.807, 2.05) is 26.0 Å². The van der Waals surface area contributed by atoms with Crippen LogP contribution in [0.5, 0.6) is 0 Å². The number of thioether (sulfide) groups is 1. The molecule has 0 saturated carbocycles. The molecule has 240 valence electrons. The Morgan fingerprint density at radius 1 is 1.24 bits per heavy atom. The third-order valence-electron chi connectivity index (χ3n) is 8.45. The van der Waals surface area contributed by atoms with E-state index in [4.69, 9.17) is 23.1 Å². The van der Waals surface area contributed by atoms with Gasteiger partial charge < -0.3 is 21.8 Å². The van der Waals surface area contributed by atoms with E-state index in [9.17, 15) is 4.79 Å². The fourth-order valence-corrected chi connectivity index (χ4v) is 7.06. The van der Waals surface area contributed by atoms with Gasteiger partial charge in [-0.1, -0.05) is 30.5 Å². The highest BCUT2D eigenvalue weighted by molar-refractivity contribution is 7.98. The van der Waals surface area contributed by atoms with E-state index >= 15 is 4.39 Å². The number of rotatable bonds is 11. The maximum absolute atomic E-state index is 15.2. The SMILES string of the molecule is CSc1cc(-n2cc3cc(-c4cc(CCC[C@H](C)N)cc(Cl)c4F)[nH]c3nc2=O)ccc1[C@@H]1CCCC[C@@H](CCN=C(C)N)N1. The zero-order valence-corrected chi connectivity index (χ0v) is 27.8. The normalized spacial score (nSPS) is 18.3. The molecule has 3 atom stereocenters. The van der Waals surface area contributed by atoms with Crippen LogP contribution < -0.4 is 22.5 Å². The van der Waals surface area contributed by atoms with Crippen molar-refractivity contribution in [2.45, 2.75) is 88.2 Å². The lowest BCUT2D eigenvalue weighted by atomic mass is 10.0. The number of aromatic amines is 1. The van der Waals surface area contributed by atoms with Gasteiger partial charge in [-0.05, 0) is 100 Å². The Labute approximate surface area is 273 Å². The minimum Gasteiger partial charge on any atom is -0.388 e. The molecule has 1 aliphatic rings. The summed E-state index contributed by atoms with van der Waals surface area (Å²) in [4.78, 5) is 26.2. The van der Waals surface area contributed by atoms with Gasteiger partial charge >= 0.3 is 5.69 Å². The van der Waals surface area contributed by atoms with Crippen molar-refractivity contribution in [3.05, 3.63) is 75.0 Å². The van der Waals surface area contributed by atoms with Gasteiger partial charge in [-0.2, -0.15) is 4.98 Å². The Kier molecular flexibility index (Phi) is 11.0. The van der Waals surface area contributed by atoms with E-state index in [1.54, 1.807) is 34.7 Å². The summed E-state index contributed by atoms with van der Waals surface area (Å²) in [6, 6.07) is 12.1. The van der Waals surface area contributed by atoms with E-state index in [0.29, 0.717) is 34.2 Å². The molecule has 0 radical (unpaired) electrons. The Morgan fingerprint density at radius 3 is 2.80 bits per heavy atom. The van der Waals surface area contributed by atoms with Gasteiger partial charge in [-0.15, -0.1) is 11.8 Å². The summed E-state index contributed by atoms with van der Waals surface area (Å²) < 4.78 is 16.8. The van der Waals surface area contributed by atoms with Gasteiger partial charge in [0.1, 0.15) is 5.65 Å². The van der Waals surface area contributed by atoms with Crippen molar-refractivity contribution < 1.29 is 4.39 Å². The van der Waals surface area contributed by atoms with Crippen LogP contribution in [0.4, 0.5) is 4.39 Å². The van der Waals surface area contributed by atoms with E-state index in [-0.39, 0.29) is 17.1 Å². The monoisotopic (exact) mass is 651 g/mol. The number of amidine groups is 1. The van der Waals surface area contributed by atoms with Crippen LogP contribution in [0, 0.1) is 5.82 Å². The zero-order chi connectivity index (χ0) is 32.1. The van der Waals surface area contributed by atoms with Crippen molar-refractivity contribution in [3.63, 3.8) is 0 Å². The summed E-state index contributed by atoms with van der Waals surface area (Å²) in [6.45, 7) is 4.52. The van der Waals surface area contributed by atoms with E-state index < -0.39 is 11.5 Å². The average Bonchev–Trinajstić information content (AvgIpc) is 3.26. The van der Waals surface area contributed by atoms with Crippen LogP contribution >= 0.6 is 23.4 Å². The van der Waals surface area contributed by atoms with Gasteiger partial charge in [0.15, 0.2) is 5.82 Å². The van der Waals surface area contributed by atoms with Crippen LogP contribution in [-0.4, -0.2) is 45.3 Å². The first-order valence-electron chi connectivity index (χ1n) is 15.7. The molecule has 1 fully saturated rings. The van der Waals surface area contributed by atoms with Crippen molar-refractivity contribution in [1.29, 1.82) is 0 Å². The first-order valence-corrected chi connectivity index (χ1v) is 17.3.